The molecule has 3 nitrogen and oxygen atoms in total. The Morgan fingerprint density at radius 2 is 1.54 bits per heavy atom. The van der Waals surface area contributed by atoms with Crippen molar-refractivity contribution in [3.8, 4) is 17.1 Å². The zero-order valence-corrected chi connectivity index (χ0v) is 15.3. The summed E-state index contributed by atoms with van der Waals surface area (Å²) < 4.78 is 42.5. The lowest BCUT2D eigenvalue weighted by Gasteiger charge is -2.10. The fourth-order valence-electron chi connectivity index (χ4n) is 2.76. The number of aromatic nitrogens is 3. The summed E-state index contributed by atoms with van der Waals surface area (Å²) in [7, 11) is 0. The molecule has 0 atom stereocenters. The van der Waals surface area contributed by atoms with Crippen molar-refractivity contribution in [3.63, 3.8) is 0 Å². The number of halogens is 3. The Morgan fingerprint density at radius 1 is 0.786 bits per heavy atom. The van der Waals surface area contributed by atoms with Crippen LogP contribution in [-0.2, 0) is 5.75 Å². The Bertz CT molecular complexity index is 1100. The molecule has 0 fully saturated rings. The normalized spacial score (nSPS) is 11.0. The van der Waals surface area contributed by atoms with Crippen LogP contribution in [0.5, 0.6) is 0 Å². The van der Waals surface area contributed by atoms with E-state index in [4.69, 9.17) is 0 Å². The third-order valence-corrected chi connectivity index (χ3v) is 5.12. The Labute approximate surface area is 163 Å². The Kier molecular flexibility index (Phi) is 5.16. The van der Waals surface area contributed by atoms with E-state index in [1.807, 2.05) is 34.9 Å². The summed E-state index contributed by atoms with van der Waals surface area (Å²) in [6.07, 6.45) is 0. The average Bonchev–Trinajstić information content (AvgIpc) is 3.14. The highest BCUT2D eigenvalue weighted by atomic mass is 32.2. The maximum absolute atomic E-state index is 14.0. The first-order valence-electron chi connectivity index (χ1n) is 8.46. The summed E-state index contributed by atoms with van der Waals surface area (Å²) in [5, 5.41) is 8.99. The molecule has 0 unspecified atom stereocenters. The Hall–Kier alpha value is -3.06. The highest BCUT2D eigenvalue weighted by Gasteiger charge is 2.17. The van der Waals surface area contributed by atoms with Gasteiger partial charge in [-0.1, -0.05) is 42.1 Å². The predicted molar refractivity (Wildman–Crippen MR) is 103 cm³/mol. The highest BCUT2D eigenvalue weighted by Crippen LogP contribution is 2.30. The Balaban J connectivity index is 1.73. The van der Waals surface area contributed by atoms with Gasteiger partial charge in [0.15, 0.2) is 22.6 Å². The van der Waals surface area contributed by atoms with E-state index in [2.05, 4.69) is 10.2 Å². The molecule has 0 radical (unpaired) electrons. The van der Waals surface area contributed by atoms with Gasteiger partial charge in [-0.25, -0.2) is 13.2 Å². The van der Waals surface area contributed by atoms with E-state index in [0.29, 0.717) is 16.5 Å². The van der Waals surface area contributed by atoms with Gasteiger partial charge in [-0.2, -0.15) is 0 Å². The van der Waals surface area contributed by atoms with Crippen LogP contribution in [0.1, 0.15) is 5.56 Å². The number of para-hydroxylation sites is 1. The average molecular weight is 397 g/mol. The zero-order chi connectivity index (χ0) is 19.5. The molecule has 0 N–H and O–H groups in total. The Morgan fingerprint density at radius 3 is 2.29 bits per heavy atom. The van der Waals surface area contributed by atoms with Crippen molar-refractivity contribution in [2.24, 2.45) is 0 Å². The lowest BCUT2D eigenvalue weighted by molar-refractivity contribution is 0.502. The first-order valence-corrected chi connectivity index (χ1v) is 9.44. The molecule has 0 aliphatic carbocycles. The third-order valence-electron chi connectivity index (χ3n) is 4.14. The van der Waals surface area contributed by atoms with Crippen LogP contribution >= 0.6 is 11.8 Å². The standard InChI is InChI=1S/C21H14F3N3S/c22-16-11-9-14(10-12-16)20-25-26-21(27(20)17-6-2-1-3-7-17)28-13-15-5-4-8-18(23)19(15)24/h1-12H,13H2. The van der Waals surface area contributed by atoms with Gasteiger partial charge >= 0.3 is 0 Å². The molecule has 0 aliphatic rings. The molecule has 0 aliphatic heterocycles. The maximum atomic E-state index is 14.0. The number of benzene rings is 3. The minimum atomic E-state index is -0.880. The van der Waals surface area contributed by atoms with Crippen LogP contribution in [0, 0.1) is 17.5 Å². The minimum absolute atomic E-state index is 0.192. The van der Waals surface area contributed by atoms with E-state index < -0.39 is 11.6 Å². The first-order chi connectivity index (χ1) is 13.6. The maximum Gasteiger partial charge on any atom is 0.196 e. The van der Waals surface area contributed by atoms with Crippen molar-refractivity contribution in [1.82, 2.24) is 14.8 Å². The number of hydrogen-bond acceptors (Lipinski definition) is 3. The van der Waals surface area contributed by atoms with Crippen LogP contribution in [0.3, 0.4) is 0 Å². The molecule has 0 spiro atoms. The van der Waals surface area contributed by atoms with E-state index in [9.17, 15) is 13.2 Å². The SMILES string of the molecule is Fc1ccc(-c2nnc(SCc3cccc(F)c3F)n2-c2ccccc2)cc1. The van der Waals surface area contributed by atoms with E-state index in [1.54, 1.807) is 12.1 Å². The van der Waals surface area contributed by atoms with Gasteiger partial charge in [-0.05, 0) is 42.5 Å². The fraction of sp³-hybridized carbons (Fsp3) is 0.0476. The fourth-order valence-corrected chi connectivity index (χ4v) is 3.69. The molecule has 4 rings (SSSR count). The molecule has 7 heteroatoms. The monoisotopic (exact) mass is 397 g/mol. The predicted octanol–water partition coefficient (Wildman–Crippen LogP) is 5.64. The highest BCUT2D eigenvalue weighted by molar-refractivity contribution is 7.98. The van der Waals surface area contributed by atoms with Crippen molar-refractivity contribution < 1.29 is 13.2 Å². The van der Waals surface area contributed by atoms with Crippen LogP contribution in [0.2, 0.25) is 0 Å². The number of rotatable bonds is 5. The molecular formula is C21H14F3N3S. The van der Waals surface area contributed by atoms with E-state index in [0.717, 1.165) is 11.8 Å². The van der Waals surface area contributed by atoms with Crippen LogP contribution in [0.4, 0.5) is 13.2 Å². The molecule has 4 aromatic rings. The molecular weight excluding hydrogens is 383 g/mol. The van der Waals surface area contributed by atoms with Crippen LogP contribution in [0.15, 0.2) is 78.0 Å². The summed E-state index contributed by atoms with van der Waals surface area (Å²) >= 11 is 1.25. The first kappa shape index (κ1) is 18.3. The van der Waals surface area contributed by atoms with Crippen molar-refractivity contribution in [3.05, 3.63) is 95.8 Å². The van der Waals surface area contributed by atoms with Gasteiger partial charge < -0.3 is 0 Å². The van der Waals surface area contributed by atoms with Crippen molar-refractivity contribution in [1.29, 1.82) is 0 Å². The largest absolute Gasteiger partial charge is 0.270 e. The van der Waals surface area contributed by atoms with Gasteiger partial charge in [0.2, 0.25) is 0 Å². The number of thioether (sulfide) groups is 1. The molecule has 140 valence electrons. The molecule has 28 heavy (non-hydrogen) atoms. The molecule has 1 heterocycles. The molecule has 0 saturated heterocycles. The quantitative estimate of drug-likeness (QED) is 0.408. The lowest BCUT2D eigenvalue weighted by Crippen LogP contribution is -2.00. The van der Waals surface area contributed by atoms with Crippen molar-refractivity contribution in [2.45, 2.75) is 10.9 Å². The van der Waals surface area contributed by atoms with Crippen LogP contribution in [-0.4, -0.2) is 14.8 Å². The summed E-state index contributed by atoms with van der Waals surface area (Å²) in [6, 6.07) is 19.5. The smallest absolute Gasteiger partial charge is 0.196 e. The summed E-state index contributed by atoms with van der Waals surface area (Å²) in [6.45, 7) is 0. The molecule has 0 amide bonds. The van der Waals surface area contributed by atoms with E-state index in [-0.39, 0.29) is 17.1 Å². The van der Waals surface area contributed by atoms with Crippen LogP contribution < -0.4 is 0 Å². The van der Waals surface area contributed by atoms with Crippen molar-refractivity contribution in [2.75, 3.05) is 0 Å². The second-order valence-corrected chi connectivity index (χ2v) is 6.93. The van der Waals surface area contributed by atoms with Crippen LogP contribution in [0.25, 0.3) is 17.1 Å². The van der Waals surface area contributed by atoms with E-state index >= 15 is 0 Å². The van der Waals surface area contributed by atoms with Gasteiger partial charge in [0.1, 0.15) is 5.82 Å². The van der Waals surface area contributed by atoms with Crippen molar-refractivity contribution >= 4 is 11.8 Å². The summed E-state index contributed by atoms with van der Waals surface area (Å²) in [5.41, 5.74) is 1.76. The van der Waals surface area contributed by atoms with Gasteiger partial charge in [0.05, 0.1) is 0 Å². The third kappa shape index (κ3) is 3.66. The van der Waals surface area contributed by atoms with E-state index in [1.165, 1.54) is 36.0 Å². The lowest BCUT2D eigenvalue weighted by atomic mass is 10.2. The molecule has 3 aromatic carbocycles. The molecule has 0 bridgehead atoms. The zero-order valence-electron chi connectivity index (χ0n) is 14.5. The topological polar surface area (TPSA) is 30.7 Å². The van der Waals surface area contributed by atoms with Gasteiger partial charge in [-0.3, -0.25) is 4.57 Å². The molecule has 1 aromatic heterocycles. The number of hydrogen-bond donors (Lipinski definition) is 0. The summed E-state index contributed by atoms with van der Waals surface area (Å²) in [5.74, 6) is -1.36. The van der Waals surface area contributed by atoms with Gasteiger partial charge in [-0.15, -0.1) is 10.2 Å². The minimum Gasteiger partial charge on any atom is -0.270 e. The summed E-state index contributed by atoms with van der Waals surface area (Å²) in [4.78, 5) is 0. The second kappa shape index (κ2) is 7.90. The number of nitrogens with zero attached hydrogens (tertiary/aromatic N) is 3. The van der Waals surface area contributed by atoms with Gasteiger partial charge in [0, 0.05) is 22.6 Å². The molecule has 0 saturated carbocycles. The second-order valence-electron chi connectivity index (χ2n) is 5.99. The van der Waals surface area contributed by atoms with Gasteiger partial charge in [0.25, 0.3) is 0 Å².